The highest BCUT2D eigenvalue weighted by atomic mass is 32.1. The number of halogens is 3. The second-order valence-electron chi connectivity index (χ2n) is 8.04. The lowest BCUT2D eigenvalue weighted by Gasteiger charge is -2.31. The third-order valence-electron chi connectivity index (χ3n) is 6.04. The van der Waals surface area contributed by atoms with E-state index in [0.29, 0.717) is 23.5 Å². The molecule has 4 rings (SSSR count). The van der Waals surface area contributed by atoms with Crippen molar-refractivity contribution in [2.75, 3.05) is 32.7 Å². The molecule has 2 unspecified atom stereocenters. The van der Waals surface area contributed by atoms with Crippen LogP contribution in [0.5, 0.6) is 0 Å². The van der Waals surface area contributed by atoms with Crippen LogP contribution in [0.1, 0.15) is 46.0 Å². The number of alkyl halides is 3. The molecule has 0 radical (unpaired) electrons. The number of benzene rings is 1. The van der Waals surface area contributed by atoms with Gasteiger partial charge in [0, 0.05) is 25.6 Å². The molecule has 2 aliphatic rings. The first kappa shape index (κ1) is 20.4. The van der Waals surface area contributed by atoms with E-state index in [4.69, 9.17) is 0 Å². The van der Waals surface area contributed by atoms with Crippen LogP contribution in [-0.4, -0.2) is 48.4 Å². The molecule has 3 heterocycles. The van der Waals surface area contributed by atoms with E-state index < -0.39 is 11.7 Å². The van der Waals surface area contributed by atoms with Gasteiger partial charge in [-0.15, -0.1) is 11.3 Å². The molecule has 2 fully saturated rings. The van der Waals surface area contributed by atoms with Crippen molar-refractivity contribution >= 4 is 17.2 Å². The number of likely N-dealkylation sites (tertiary alicyclic amines) is 2. The van der Waals surface area contributed by atoms with E-state index in [9.17, 15) is 18.0 Å². The molecule has 156 valence electrons. The van der Waals surface area contributed by atoms with Crippen molar-refractivity contribution in [2.24, 2.45) is 5.92 Å². The Labute approximate surface area is 173 Å². The standard InChI is InChI=1S/C22H25F3N2OS/c23-22(24,25)18-7-4-6-16(12-18)19-15-27(21(28)20-8-5-11-29-20)14-17(19)13-26-9-2-1-3-10-26/h4-8,11-12,17,19H,1-3,9-10,13-15H2. The summed E-state index contributed by atoms with van der Waals surface area (Å²) in [6.45, 7) is 3.95. The Morgan fingerprint density at radius 3 is 2.55 bits per heavy atom. The van der Waals surface area contributed by atoms with Gasteiger partial charge in [0.15, 0.2) is 0 Å². The smallest absolute Gasteiger partial charge is 0.337 e. The van der Waals surface area contributed by atoms with Crippen molar-refractivity contribution in [3.63, 3.8) is 0 Å². The monoisotopic (exact) mass is 422 g/mol. The molecule has 2 saturated heterocycles. The van der Waals surface area contributed by atoms with Crippen molar-refractivity contribution in [3.05, 3.63) is 57.8 Å². The van der Waals surface area contributed by atoms with Crippen LogP contribution in [0.25, 0.3) is 0 Å². The second kappa shape index (κ2) is 8.48. The Morgan fingerprint density at radius 1 is 1.07 bits per heavy atom. The first-order chi connectivity index (χ1) is 13.9. The van der Waals surface area contributed by atoms with Gasteiger partial charge in [0.25, 0.3) is 5.91 Å². The number of hydrogen-bond donors (Lipinski definition) is 0. The molecular formula is C22H25F3N2OS. The third-order valence-corrected chi connectivity index (χ3v) is 6.90. The van der Waals surface area contributed by atoms with Crippen LogP contribution in [-0.2, 0) is 6.18 Å². The molecular weight excluding hydrogens is 397 g/mol. The van der Waals surface area contributed by atoms with E-state index in [1.165, 1.54) is 42.7 Å². The van der Waals surface area contributed by atoms with Crippen molar-refractivity contribution in [3.8, 4) is 0 Å². The van der Waals surface area contributed by atoms with Crippen molar-refractivity contribution in [1.29, 1.82) is 0 Å². The van der Waals surface area contributed by atoms with Crippen LogP contribution < -0.4 is 0 Å². The molecule has 3 nitrogen and oxygen atoms in total. The summed E-state index contributed by atoms with van der Waals surface area (Å²) in [5, 5.41) is 1.87. The highest BCUT2D eigenvalue weighted by Crippen LogP contribution is 2.37. The predicted molar refractivity (Wildman–Crippen MR) is 108 cm³/mol. The zero-order chi connectivity index (χ0) is 20.4. The van der Waals surface area contributed by atoms with Gasteiger partial charge in [0.2, 0.25) is 0 Å². The number of nitrogens with zero attached hydrogens (tertiary/aromatic N) is 2. The quantitative estimate of drug-likeness (QED) is 0.684. The number of amides is 1. The van der Waals surface area contributed by atoms with Gasteiger partial charge in [0.1, 0.15) is 0 Å². The van der Waals surface area contributed by atoms with Crippen LogP contribution in [0.3, 0.4) is 0 Å². The molecule has 0 spiro atoms. The second-order valence-corrected chi connectivity index (χ2v) is 8.99. The fourth-order valence-electron chi connectivity index (χ4n) is 4.58. The SMILES string of the molecule is O=C(c1cccs1)N1CC(CN2CCCCC2)C(c2cccc(C(F)(F)F)c2)C1. The number of rotatable bonds is 4. The molecule has 29 heavy (non-hydrogen) atoms. The number of hydrogen-bond acceptors (Lipinski definition) is 3. The number of carbonyl (C=O) groups excluding carboxylic acids is 1. The molecule has 2 aliphatic heterocycles. The lowest BCUT2D eigenvalue weighted by atomic mass is 9.87. The first-order valence-electron chi connectivity index (χ1n) is 10.1. The zero-order valence-corrected chi connectivity index (χ0v) is 17.0. The summed E-state index contributed by atoms with van der Waals surface area (Å²) in [6, 6.07) is 9.31. The minimum absolute atomic E-state index is 0.0156. The molecule has 0 N–H and O–H groups in total. The molecule has 0 aliphatic carbocycles. The summed E-state index contributed by atoms with van der Waals surface area (Å²) >= 11 is 1.41. The highest BCUT2D eigenvalue weighted by molar-refractivity contribution is 7.12. The lowest BCUT2D eigenvalue weighted by molar-refractivity contribution is -0.137. The Balaban J connectivity index is 1.58. The van der Waals surface area contributed by atoms with Gasteiger partial charge in [-0.2, -0.15) is 13.2 Å². The van der Waals surface area contributed by atoms with Gasteiger partial charge in [-0.25, -0.2) is 0 Å². The van der Waals surface area contributed by atoms with Gasteiger partial charge in [-0.1, -0.05) is 30.7 Å². The highest BCUT2D eigenvalue weighted by Gasteiger charge is 2.39. The Hall–Kier alpha value is -1.86. The third kappa shape index (κ3) is 4.67. The minimum Gasteiger partial charge on any atom is -0.337 e. The molecule has 7 heteroatoms. The summed E-state index contributed by atoms with van der Waals surface area (Å²) < 4.78 is 39.7. The summed E-state index contributed by atoms with van der Waals surface area (Å²) in [7, 11) is 0. The van der Waals surface area contributed by atoms with Gasteiger partial charge in [0.05, 0.1) is 10.4 Å². The normalized spacial score (nSPS) is 23.5. The van der Waals surface area contributed by atoms with Gasteiger partial charge < -0.3 is 9.80 Å². The average Bonchev–Trinajstić information content (AvgIpc) is 3.38. The van der Waals surface area contributed by atoms with E-state index in [0.717, 1.165) is 25.7 Å². The van der Waals surface area contributed by atoms with Gasteiger partial charge in [-0.3, -0.25) is 4.79 Å². The van der Waals surface area contributed by atoms with Crippen molar-refractivity contribution < 1.29 is 18.0 Å². The molecule has 2 atom stereocenters. The maximum Gasteiger partial charge on any atom is 0.416 e. The van der Waals surface area contributed by atoms with Crippen LogP contribution in [0.15, 0.2) is 41.8 Å². The average molecular weight is 423 g/mol. The Bertz CT molecular complexity index is 831. The molecule has 1 aromatic carbocycles. The Kier molecular flexibility index (Phi) is 5.97. The summed E-state index contributed by atoms with van der Waals surface area (Å²) in [5.74, 6) is 0.0433. The number of thiophene rings is 1. The molecule has 1 amide bonds. The zero-order valence-electron chi connectivity index (χ0n) is 16.2. The first-order valence-corrected chi connectivity index (χ1v) is 11.0. The fraction of sp³-hybridized carbons (Fsp3) is 0.500. The maximum atomic E-state index is 13.2. The summed E-state index contributed by atoms with van der Waals surface area (Å²) in [6.07, 6.45) is -0.789. The van der Waals surface area contributed by atoms with Crippen LogP contribution in [0.4, 0.5) is 13.2 Å². The maximum absolute atomic E-state index is 13.2. The van der Waals surface area contributed by atoms with Crippen LogP contribution in [0.2, 0.25) is 0 Å². The Morgan fingerprint density at radius 2 is 1.86 bits per heavy atom. The molecule has 0 bridgehead atoms. The van der Waals surface area contributed by atoms with Gasteiger partial charge in [-0.05, 0) is 54.9 Å². The largest absolute Gasteiger partial charge is 0.416 e. The minimum atomic E-state index is -4.36. The van der Waals surface area contributed by atoms with Crippen molar-refractivity contribution in [2.45, 2.75) is 31.4 Å². The molecule has 0 saturated carbocycles. The number of piperidine rings is 1. The van der Waals surface area contributed by atoms with E-state index in [-0.39, 0.29) is 17.7 Å². The van der Waals surface area contributed by atoms with Crippen molar-refractivity contribution in [1.82, 2.24) is 9.80 Å². The topological polar surface area (TPSA) is 23.6 Å². The lowest BCUT2D eigenvalue weighted by Crippen LogP contribution is -2.36. The fourth-order valence-corrected chi connectivity index (χ4v) is 5.27. The van der Waals surface area contributed by atoms with E-state index in [1.54, 1.807) is 6.07 Å². The predicted octanol–water partition coefficient (Wildman–Crippen LogP) is 5.11. The number of carbonyl (C=O) groups is 1. The summed E-state index contributed by atoms with van der Waals surface area (Å²) in [5.41, 5.74) is 0.0677. The molecule has 1 aromatic heterocycles. The van der Waals surface area contributed by atoms with E-state index in [1.807, 2.05) is 22.4 Å². The van der Waals surface area contributed by atoms with Crippen LogP contribution in [0, 0.1) is 5.92 Å². The summed E-state index contributed by atoms with van der Waals surface area (Å²) in [4.78, 5) is 17.8. The van der Waals surface area contributed by atoms with E-state index in [2.05, 4.69) is 4.90 Å². The van der Waals surface area contributed by atoms with E-state index >= 15 is 0 Å². The van der Waals surface area contributed by atoms with Gasteiger partial charge >= 0.3 is 6.18 Å². The van der Waals surface area contributed by atoms with Crippen LogP contribution >= 0.6 is 11.3 Å². The molecule has 2 aromatic rings.